The zero-order chi connectivity index (χ0) is 19.3. The Morgan fingerprint density at radius 3 is 2.35 bits per heavy atom. The van der Waals surface area contributed by atoms with Crippen LogP contribution in [0.1, 0.15) is 39.4 Å². The molecule has 1 atom stereocenters. The molecule has 0 fully saturated rings. The molecule has 140 valence electrons. The van der Waals surface area contributed by atoms with Crippen molar-refractivity contribution in [1.82, 2.24) is 0 Å². The summed E-state index contributed by atoms with van der Waals surface area (Å²) in [6, 6.07) is 9.96. The molecule has 0 amide bonds. The highest BCUT2D eigenvalue weighted by molar-refractivity contribution is 9.10. The third-order valence-corrected chi connectivity index (χ3v) is 4.90. The van der Waals surface area contributed by atoms with Gasteiger partial charge in [-0.1, -0.05) is 34.1 Å². The molecule has 0 unspecified atom stereocenters. The number of carbonyl (C=O) groups is 1. The van der Waals surface area contributed by atoms with Crippen LogP contribution in [0.15, 0.2) is 46.9 Å². The standard InChI is InChI=1S/C19H18BrF3O3/c1-26-18(25)14-4-2-13(17(20)10-14)3-5-15(11-24)12-6-8-16(9-7-12)19(21,22)23/h2,4,6-10,15,24H,3,5,11H2,1H3/t15-/m1/s1. The number of rotatable bonds is 6. The third-order valence-electron chi connectivity index (χ3n) is 4.17. The number of ether oxygens (including phenoxy) is 1. The molecule has 2 aromatic rings. The molecule has 0 bridgehead atoms. The first kappa shape index (κ1) is 20.5. The lowest BCUT2D eigenvalue weighted by Gasteiger charge is -2.16. The number of halogens is 4. The van der Waals surface area contributed by atoms with Gasteiger partial charge in [-0.15, -0.1) is 0 Å². The van der Waals surface area contributed by atoms with Crippen LogP contribution in [0.5, 0.6) is 0 Å². The van der Waals surface area contributed by atoms with E-state index in [-0.39, 0.29) is 12.5 Å². The summed E-state index contributed by atoms with van der Waals surface area (Å²) in [4.78, 5) is 11.5. The molecule has 1 N–H and O–H groups in total. The summed E-state index contributed by atoms with van der Waals surface area (Å²) in [5.41, 5.74) is 1.30. The Morgan fingerprint density at radius 2 is 1.85 bits per heavy atom. The smallest absolute Gasteiger partial charge is 0.416 e. The van der Waals surface area contributed by atoms with E-state index in [4.69, 9.17) is 0 Å². The number of hydrogen-bond donors (Lipinski definition) is 1. The van der Waals surface area contributed by atoms with Crippen molar-refractivity contribution in [2.24, 2.45) is 0 Å². The highest BCUT2D eigenvalue weighted by Gasteiger charge is 2.30. The van der Waals surface area contributed by atoms with E-state index in [1.54, 1.807) is 18.2 Å². The van der Waals surface area contributed by atoms with Gasteiger partial charge in [-0.05, 0) is 48.2 Å². The van der Waals surface area contributed by atoms with E-state index in [0.717, 1.165) is 22.2 Å². The van der Waals surface area contributed by atoms with Crippen LogP contribution >= 0.6 is 15.9 Å². The van der Waals surface area contributed by atoms with Gasteiger partial charge in [0.05, 0.1) is 18.2 Å². The van der Waals surface area contributed by atoms with Gasteiger partial charge in [-0.3, -0.25) is 0 Å². The lowest BCUT2D eigenvalue weighted by molar-refractivity contribution is -0.137. The molecule has 0 saturated carbocycles. The molecule has 7 heteroatoms. The van der Waals surface area contributed by atoms with Gasteiger partial charge < -0.3 is 9.84 Å². The van der Waals surface area contributed by atoms with E-state index in [2.05, 4.69) is 20.7 Å². The predicted octanol–water partition coefficient (Wildman–Crippen LogP) is 4.96. The third kappa shape index (κ3) is 5.08. The van der Waals surface area contributed by atoms with Gasteiger partial charge in [0, 0.05) is 17.0 Å². The van der Waals surface area contributed by atoms with Crippen LogP contribution in [-0.4, -0.2) is 24.8 Å². The summed E-state index contributed by atoms with van der Waals surface area (Å²) in [6.45, 7) is -0.163. The molecular formula is C19H18BrF3O3. The number of benzene rings is 2. The van der Waals surface area contributed by atoms with Crippen molar-refractivity contribution in [3.63, 3.8) is 0 Å². The molecule has 0 radical (unpaired) electrons. The monoisotopic (exact) mass is 430 g/mol. The van der Waals surface area contributed by atoms with Crippen LogP contribution < -0.4 is 0 Å². The first-order chi connectivity index (χ1) is 12.3. The Morgan fingerprint density at radius 1 is 1.19 bits per heavy atom. The van der Waals surface area contributed by atoms with Crippen LogP contribution in [0.2, 0.25) is 0 Å². The quantitative estimate of drug-likeness (QED) is 0.658. The highest BCUT2D eigenvalue weighted by Crippen LogP contribution is 2.31. The molecule has 0 aliphatic rings. The predicted molar refractivity (Wildman–Crippen MR) is 95.1 cm³/mol. The van der Waals surface area contributed by atoms with Gasteiger partial charge in [0.2, 0.25) is 0 Å². The van der Waals surface area contributed by atoms with Crippen LogP contribution in [-0.2, 0) is 17.3 Å². The second kappa shape index (κ2) is 8.68. The number of aliphatic hydroxyl groups excluding tert-OH is 1. The Labute approximate surface area is 157 Å². The van der Waals surface area contributed by atoms with Gasteiger partial charge in [0.1, 0.15) is 0 Å². The van der Waals surface area contributed by atoms with Crippen molar-refractivity contribution in [3.05, 3.63) is 69.2 Å². The number of aryl methyl sites for hydroxylation is 1. The van der Waals surface area contributed by atoms with Crippen LogP contribution in [0.25, 0.3) is 0 Å². The molecule has 0 aliphatic carbocycles. The van der Waals surface area contributed by atoms with E-state index in [0.29, 0.717) is 24.0 Å². The maximum Gasteiger partial charge on any atom is 0.416 e. The lowest BCUT2D eigenvalue weighted by atomic mass is 9.92. The second-order valence-electron chi connectivity index (χ2n) is 5.84. The minimum absolute atomic E-state index is 0.163. The molecule has 2 aromatic carbocycles. The van der Waals surface area contributed by atoms with E-state index in [9.17, 15) is 23.1 Å². The summed E-state index contributed by atoms with van der Waals surface area (Å²) < 4.78 is 43.3. The van der Waals surface area contributed by atoms with Crippen molar-refractivity contribution in [1.29, 1.82) is 0 Å². The summed E-state index contributed by atoms with van der Waals surface area (Å²) in [5, 5.41) is 9.61. The molecule has 26 heavy (non-hydrogen) atoms. The molecule has 0 aromatic heterocycles. The Bertz CT molecular complexity index is 758. The molecule has 0 spiro atoms. The van der Waals surface area contributed by atoms with Crippen LogP contribution in [0, 0.1) is 0 Å². The summed E-state index contributed by atoms with van der Waals surface area (Å²) in [6.07, 6.45) is -3.23. The number of esters is 1. The van der Waals surface area contributed by atoms with Gasteiger partial charge in [-0.25, -0.2) is 4.79 Å². The minimum atomic E-state index is -4.38. The summed E-state index contributed by atoms with van der Waals surface area (Å²) in [5.74, 6) is -0.709. The van der Waals surface area contributed by atoms with Crippen LogP contribution in [0.3, 0.4) is 0 Å². The van der Waals surface area contributed by atoms with Gasteiger partial charge >= 0.3 is 12.1 Å². The normalized spacial score (nSPS) is 12.7. The van der Waals surface area contributed by atoms with Gasteiger partial charge in [0.15, 0.2) is 0 Å². The lowest BCUT2D eigenvalue weighted by Crippen LogP contribution is -2.09. The zero-order valence-corrected chi connectivity index (χ0v) is 15.6. The van der Waals surface area contributed by atoms with E-state index in [1.807, 2.05) is 0 Å². The van der Waals surface area contributed by atoms with E-state index >= 15 is 0 Å². The molecule has 0 aliphatic heterocycles. The van der Waals surface area contributed by atoms with Crippen molar-refractivity contribution in [3.8, 4) is 0 Å². The zero-order valence-electron chi connectivity index (χ0n) is 14.0. The summed E-state index contributed by atoms with van der Waals surface area (Å²) >= 11 is 3.41. The van der Waals surface area contributed by atoms with Crippen molar-refractivity contribution < 1.29 is 27.8 Å². The van der Waals surface area contributed by atoms with E-state index < -0.39 is 17.7 Å². The molecule has 2 rings (SSSR count). The first-order valence-corrected chi connectivity index (χ1v) is 8.70. The number of carbonyl (C=O) groups excluding carboxylic acids is 1. The molecule has 0 heterocycles. The Kier molecular flexibility index (Phi) is 6.83. The summed E-state index contributed by atoms with van der Waals surface area (Å²) in [7, 11) is 1.31. The number of methoxy groups -OCH3 is 1. The highest BCUT2D eigenvalue weighted by atomic mass is 79.9. The van der Waals surface area contributed by atoms with Crippen LogP contribution in [0.4, 0.5) is 13.2 Å². The largest absolute Gasteiger partial charge is 0.465 e. The molecule has 0 saturated heterocycles. The first-order valence-electron chi connectivity index (χ1n) is 7.91. The topological polar surface area (TPSA) is 46.5 Å². The van der Waals surface area contributed by atoms with Crippen molar-refractivity contribution in [2.75, 3.05) is 13.7 Å². The maximum atomic E-state index is 12.6. The Balaban J connectivity index is 2.08. The van der Waals surface area contributed by atoms with E-state index in [1.165, 1.54) is 19.2 Å². The van der Waals surface area contributed by atoms with Crippen molar-refractivity contribution in [2.45, 2.75) is 24.9 Å². The molecule has 3 nitrogen and oxygen atoms in total. The maximum absolute atomic E-state index is 12.6. The van der Waals surface area contributed by atoms with Gasteiger partial charge in [-0.2, -0.15) is 13.2 Å². The average Bonchev–Trinajstić information content (AvgIpc) is 2.62. The fraction of sp³-hybridized carbons (Fsp3) is 0.316. The fourth-order valence-electron chi connectivity index (χ4n) is 2.63. The SMILES string of the molecule is COC(=O)c1ccc(CC[C@H](CO)c2ccc(C(F)(F)F)cc2)c(Br)c1. The Hall–Kier alpha value is -1.86. The minimum Gasteiger partial charge on any atom is -0.465 e. The van der Waals surface area contributed by atoms with Gasteiger partial charge in [0.25, 0.3) is 0 Å². The second-order valence-corrected chi connectivity index (χ2v) is 6.69. The van der Waals surface area contributed by atoms with Crippen molar-refractivity contribution >= 4 is 21.9 Å². The fourth-order valence-corrected chi connectivity index (χ4v) is 3.21. The molecular weight excluding hydrogens is 413 g/mol. The number of aliphatic hydroxyl groups is 1. The average molecular weight is 431 g/mol. The number of hydrogen-bond acceptors (Lipinski definition) is 3. The number of alkyl halides is 3.